The van der Waals surface area contributed by atoms with Crippen LogP contribution in [0.5, 0.6) is 5.75 Å². The Bertz CT molecular complexity index is 678. The van der Waals surface area contributed by atoms with E-state index in [2.05, 4.69) is 0 Å². The van der Waals surface area contributed by atoms with Crippen molar-refractivity contribution in [2.45, 2.75) is 6.92 Å². The summed E-state index contributed by atoms with van der Waals surface area (Å²) in [6.45, 7) is 1.88. The van der Waals surface area contributed by atoms with Crippen LogP contribution in [0.2, 0.25) is 10.0 Å². The Hall–Kier alpha value is -1.77. The van der Waals surface area contributed by atoms with Crippen molar-refractivity contribution in [1.82, 2.24) is 0 Å². The summed E-state index contributed by atoms with van der Waals surface area (Å²) in [5.74, 6) is 0.521. The molecule has 2 nitrogen and oxygen atoms in total. The van der Waals surface area contributed by atoms with Crippen LogP contribution in [0.25, 0.3) is 6.08 Å². The summed E-state index contributed by atoms with van der Waals surface area (Å²) in [5.41, 5.74) is 1.41. The fourth-order valence-electron chi connectivity index (χ4n) is 1.83. The van der Waals surface area contributed by atoms with Crippen molar-refractivity contribution >= 4 is 35.1 Å². The second-order valence-corrected chi connectivity index (χ2v) is 5.19. The number of para-hydroxylation sites is 1. The van der Waals surface area contributed by atoms with Gasteiger partial charge in [-0.05, 0) is 31.2 Å². The van der Waals surface area contributed by atoms with Crippen molar-refractivity contribution in [1.29, 1.82) is 0 Å². The first-order chi connectivity index (χ1) is 10.1. The van der Waals surface area contributed by atoms with Gasteiger partial charge in [0.2, 0.25) is 0 Å². The van der Waals surface area contributed by atoms with Crippen LogP contribution in [0.3, 0.4) is 0 Å². The highest BCUT2D eigenvalue weighted by molar-refractivity contribution is 6.42. The maximum absolute atomic E-state index is 12.1. The molecule has 0 aliphatic heterocycles. The molecule has 0 saturated heterocycles. The zero-order chi connectivity index (χ0) is 15.2. The van der Waals surface area contributed by atoms with Gasteiger partial charge in [-0.25, -0.2) is 0 Å². The van der Waals surface area contributed by atoms with Crippen LogP contribution in [-0.2, 0) is 0 Å². The minimum Gasteiger partial charge on any atom is -0.485 e. The van der Waals surface area contributed by atoms with Crippen molar-refractivity contribution < 1.29 is 9.53 Å². The van der Waals surface area contributed by atoms with Gasteiger partial charge in [0.05, 0.1) is 10.0 Å². The first-order valence-corrected chi connectivity index (χ1v) is 7.20. The SMILES string of the molecule is CC=Cc1ccccc1OCC(=O)c1ccc(Cl)c(Cl)c1. The summed E-state index contributed by atoms with van der Waals surface area (Å²) in [6.07, 6.45) is 3.85. The zero-order valence-electron chi connectivity index (χ0n) is 11.5. The van der Waals surface area contributed by atoms with E-state index in [1.165, 1.54) is 0 Å². The molecule has 108 valence electrons. The van der Waals surface area contributed by atoms with E-state index in [9.17, 15) is 4.79 Å². The molecule has 0 radical (unpaired) electrons. The van der Waals surface area contributed by atoms with Crippen LogP contribution in [-0.4, -0.2) is 12.4 Å². The molecule has 0 aliphatic carbocycles. The lowest BCUT2D eigenvalue weighted by Crippen LogP contribution is -2.12. The Kier molecular flexibility index (Phi) is 5.43. The van der Waals surface area contributed by atoms with Crippen LogP contribution < -0.4 is 4.74 Å². The van der Waals surface area contributed by atoms with E-state index in [0.29, 0.717) is 21.4 Å². The monoisotopic (exact) mass is 320 g/mol. The van der Waals surface area contributed by atoms with Gasteiger partial charge in [0.1, 0.15) is 5.75 Å². The highest BCUT2D eigenvalue weighted by atomic mass is 35.5. The number of rotatable bonds is 5. The third-order valence-corrected chi connectivity index (χ3v) is 3.60. The van der Waals surface area contributed by atoms with Gasteiger partial charge >= 0.3 is 0 Å². The van der Waals surface area contributed by atoms with E-state index in [0.717, 1.165) is 5.56 Å². The number of allylic oxidation sites excluding steroid dienone is 1. The topological polar surface area (TPSA) is 26.3 Å². The van der Waals surface area contributed by atoms with Gasteiger partial charge in [0, 0.05) is 11.1 Å². The predicted octanol–water partition coefficient (Wildman–Crippen LogP) is 5.29. The van der Waals surface area contributed by atoms with Gasteiger partial charge in [-0.2, -0.15) is 0 Å². The van der Waals surface area contributed by atoms with Crippen molar-refractivity contribution in [3.8, 4) is 5.75 Å². The largest absolute Gasteiger partial charge is 0.485 e. The quantitative estimate of drug-likeness (QED) is 0.700. The molecule has 2 aromatic rings. The van der Waals surface area contributed by atoms with Crippen molar-refractivity contribution in [3.05, 3.63) is 69.7 Å². The molecule has 0 aromatic heterocycles. The Morgan fingerprint density at radius 2 is 1.90 bits per heavy atom. The number of benzene rings is 2. The van der Waals surface area contributed by atoms with E-state index in [1.807, 2.05) is 43.3 Å². The second-order valence-electron chi connectivity index (χ2n) is 4.38. The molecule has 0 atom stereocenters. The summed E-state index contributed by atoms with van der Waals surface area (Å²) in [7, 11) is 0. The van der Waals surface area contributed by atoms with Gasteiger partial charge in [0.15, 0.2) is 12.4 Å². The minimum absolute atomic E-state index is 0.0491. The summed E-state index contributed by atoms with van der Waals surface area (Å²) >= 11 is 11.7. The summed E-state index contributed by atoms with van der Waals surface area (Å²) in [6, 6.07) is 12.3. The van der Waals surface area contributed by atoms with Gasteiger partial charge in [-0.1, -0.05) is 53.6 Å². The molecule has 0 heterocycles. The first-order valence-electron chi connectivity index (χ1n) is 6.44. The number of ether oxygens (including phenoxy) is 1. The smallest absolute Gasteiger partial charge is 0.200 e. The lowest BCUT2D eigenvalue weighted by molar-refractivity contribution is 0.0921. The number of halogens is 2. The Morgan fingerprint density at radius 1 is 1.14 bits per heavy atom. The van der Waals surface area contributed by atoms with Gasteiger partial charge in [-0.15, -0.1) is 0 Å². The average Bonchev–Trinajstić information content (AvgIpc) is 2.49. The molecule has 0 amide bonds. The average molecular weight is 321 g/mol. The molecule has 2 aromatic carbocycles. The molecule has 4 heteroatoms. The van der Waals surface area contributed by atoms with Crippen LogP contribution in [0.15, 0.2) is 48.5 Å². The summed E-state index contributed by atoms with van der Waals surface area (Å²) in [5, 5.41) is 0.782. The molecule has 0 N–H and O–H groups in total. The predicted molar refractivity (Wildman–Crippen MR) is 87.4 cm³/mol. The molecular weight excluding hydrogens is 307 g/mol. The lowest BCUT2D eigenvalue weighted by atomic mass is 10.1. The fourth-order valence-corrected chi connectivity index (χ4v) is 2.12. The van der Waals surface area contributed by atoms with Crippen LogP contribution in [0, 0.1) is 0 Å². The number of hydrogen-bond acceptors (Lipinski definition) is 2. The normalized spacial score (nSPS) is 10.8. The number of Topliss-reactive ketones (excluding diaryl/α,β-unsaturated/α-hetero) is 1. The van der Waals surface area contributed by atoms with E-state index in [4.69, 9.17) is 27.9 Å². The van der Waals surface area contributed by atoms with E-state index >= 15 is 0 Å². The second kappa shape index (κ2) is 7.30. The van der Waals surface area contributed by atoms with Crippen molar-refractivity contribution in [2.75, 3.05) is 6.61 Å². The van der Waals surface area contributed by atoms with Crippen molar-refractivity contribution in [3.63, 3.8) is 0 Å². The fraction of sp³-hybridized carbons (Fsp3) is 0.118. The molecule has 21 heavy (non-hydrogen) atoms. The number of carbonyl (C=O) groups excluding carboxylic acids is 1. The molecule has 0 saturated carbocycles. The van der Waals surface area contributed by atoms with E-state index in [-0.39, 0.29) is 12.4 Å². The number of carbonyl (C=O) groups is 1. The van der Waals surface area contributed by atoms with E-state index < -0.39 is 0 Å². The number of hydrogen-bond donors (Lipinski definition) is 0. The van der Waals surface area contributed by atoms with Crippen LogP contribution in [0.1, 0.15) is 22.8 Å². The van der Waals surface area contributed by atoms with Crippen molar-refractivity contribution in [2.24, 2.45) is 0 Å². The van der Waals surface area contributed by atoms with Gasteiger partial charge < -0.3 is 4.74 Å². The van der Waals surface area contributed by atoms with E-state index in [1.54, 1.807) is 18.2 Å². The standard InChI is InChI=1S/C17H14Cl2O2/c1-2-5-12-6-3-4-7-17(12)21-11-16(20)13-8-9-14(18)15(19)10-13/h2-10H,11H2,1H3. The molecule has 0 spiro atoms. The Labute approximate surface area is 134 Å². The third-order valence-electron chi connectivity index (χ3n) is 2.87. The third kappa shape index (κ3) is 4.10. The Balaban J connectivity index is 2.09. The molecule has 0 bridgehead atoms. The number of ketones is 1. The maximum Gasteiger partial charge on any atom is 0.200 e. The van der Waals surface area contributed by atoms with Gasteiger partial charge in [-0.3, -0.25) is 4.79 Å². The zero-order valence-corrected chi connectivity index (χ0v) is 13.0. The highest BCUT2D eigenvalue weighted by Crippen LogP contribution is 2.23. The maximum atomic E-state index is 12.1. The first kappa shape index (κ1) is 15.6. The molecule has 2 rings (SSSR count). The lowest BCUT2D eigenvalue weighted by Gasteiger charge is -2.09. The highest BCUT2D eigenvalue weighted by Gasteiger charge is 2.10. The Morgan fingerprint density at radius 3 is 2.62 bits per heavy atom. The summed E-state index contributed by atoms with van der Waals surface area (Å²) in [4.78, 5) is 12.1. The molecule has 0 aliphatic rings. The summed E-state index contributed by atoms with van der Waals surface area (Å²) < 4.78 is 5.60. The molecular formula is C17H14Cl2O2. The van der Waals surface area contributed by atoms with Gasteiger partial charge in [0.25, 0.3) is 0 Å². The minimum atomic E-state index is -0.149. The molecule has 0 unspecified atom stereocenters. The van der Waals surface area contributed by atoms with Crippen LogP contribution >= 0.6 is 23.2 Å². The van der Waals surface area contributed by atoms with Crippen LogP contribution in [0.4, 0.5) is 0 Å². The molecule has 0 fully saturated rings.